The van der Waals surface area contributed by atoms with Crippen molar-refractivity contribution in [3.8, 4) is 5.69 Å². The maximum atomic E-state index is 12.7. The van der Waals surface area contributed by atoms with Gasteiger partial charge in [0, 0.05) is 50.5 Å². The molecule has 1 unspecified atom stereocenters. The van der Waals surface area contributed by atoms with E-state index in [9.17, 15) is 14.4 Å². The van der Waals surface area contributed by atoms with E-state index in [1.54, 1.807) is 35.9 Å². The molecule has 1 aromatic carbocycles. The summed E-state index contributed by atoms with van der Waals surface area (Å²) in [6, 6.07) is 10.3. The maximum Gasteiger partial charge on any atom is 0.354 e. The van der Waals surface area contributed by atoms with Crippen LogP contribution in [0.3, 0.4) is 0 Å². The molecular weight excluding hydrogens is 532 g/mol. The number of piperazine rings is 1. The molecule has 2 heterocycles. The van der Waals surface area contributed by atoms with Gasteiger partial charge < -0.3 is 26.6 Å². The molecule has 2 aliphatic rings. The van der Waals surface area contributed by atoms with Crippen LogP contribution in [0.5, 0.6) is 0 Å². The third-order valence-corrected chi connectivity index (χ3v) is 7.49. The second-order valence-corrected chi connectivity index (χ2v) is 11.4. The molecule has 1 aliphatic heterocycles. The number of nitrogens with one attached hydrogen (secondary N) is 2. The normalized spacial score (nSPS) is 20.4. The lowest BCUT2D eigenvalue weighted by Crippen LogP contribution is -2.58. The molecule has 4 rings (SSSR count). The molecule has 3 amide bonds. The number of benzene rings is 1. The summed E-state index contributed by atoms with van der Waals surface area (Å²) in [7, 11) is 0. The number of nitrogens with two attached hydrogens (primary N) is 2. The van der Waals surface area contributed by atoms with Crippen LogP contribution in [0.4, 0.5) is 10.6 Å². The van der Waals surface area contributed by atoms with E-state index in [2.05, 4.69) is 22.5 Å². The van der Waals surface area contributed by atoms with Crippen molar-refractivity contribution in [2.24, 2.45) is 11.5 Å². The Morgan fingerprint density at radius 2 is 1.62 bits per heavy atom. The zero-order valence-electron chi connectivity index (χ0n) is 23.6. The molecule has 1 saturated carbocycles. The highest BCUT2D eigenvalue weighted by molar-refractivity contribution is 5.89. The first kappa shape index (κ1) is 31.5. The molecule has 1 aliphatic carbocycles. The van der Waals surface area contributed by atoms with Gasteiger partial charge in [0.2, 0.25) is 5.91 Å². The molecule has 12 heteroatoms. The predicted molar refractivity (Wildman–Crippen MR) is 159 cm³/mol. The Morgan fingerprint density at radius 1 is 1.02 bits per heavy atom. The standard InChI is InChI=1S/C28H42N8O3.ClH/c1-19(31-22-8-6-21(29)7-9-22)18-20-4-10-23(11-5-20)36-13-12-24(33-27(36)39)32-26(38)35-16-14-34(15-17-35)25(37)28(2,3)30;/h4-5,10-13,19,21-22,31H,6-9,14-18,29-30H2,1-3H3,(H,32,33,38,39);1H. The van der Waals surface area contributed by atoms with Crippen molar-refractivity contribution in [2.45, 2.75) is 76.5 Å². The minimum atomic E-state index is -0.946. The highest BCUT2D eigenvalue weighted by Crippen LogP contribution is 2.18. The third kappa shape index (κ3) is 8.26. The first-order valence-electron chi connectivity index (χ1n) is 13.8. The van der Waals surface area contributed by atoms with E-state index in [1.807, 2.05) is 24.3 Å². The van der Waals surface area contributed by atoms with Gasteiger partial charge in [0.25, 0.3) is 0 Å². The number of rotatable bonds is 7. The highest BCUT2D eigenvalue weighted by Gasteiger charge is 2.31. The first-order valence-corrected chi connectivity index (χ1v) is 13.8. The summed E-state index contributed by atoms with van der Waals surface area (Å²) in [5.74, 6) is 0.0418. The van der Waals surface area contributed by atoms with Gasteiger partial charge in [-0.25, -0.2) is 9.59 Å². The van der Waals surface area contributed by atoms with Crippen molar-refractivity contribution < 1.29 is 9.59 Å². The van der Waals surface area contributed by atoms with Crippen LogP contribution < -0.4 is 27.8 Å². The fourth-order valence-corrected chi connectivity index (χ4v) is 5.27. The second kappa shape index (κ2) is 13.6. The summed E-state index contributed by atoms with van der Waals surface area (Å²) < 4.78 is 1.45. The molecule has 1 atom stereocenters. The van der Waals surface area contributed by atoms with Gasteiger partial charge in [-0.15, -0.1) is 12.4 Å². The van der Waals surface area contributed by atoms with Gasteiger partial charge in [0.15, 0.2) is 0 Å². The topological polar surface area (TPSA) is 152 Å². The number of halogens is 1. The van der Waals surface area contributed by atoms with Gasteiger partial charge in [-0.2, -0.15) is 4.98 Å². The molecule has 40 heavy (non-hydrogen) atoms. The Morgan fingerprint density at radius 3 is 2.20 bits per heavy atom. The first-order chi connectivity index (χ1) is 18.5. The van der Waals surface area contributed by atoms with Crippen LogP contribution in [0, 0.1) is 0 Å². The van der Waals surface area contributed by atoms with Crippen LogP contribution in [0.2, 0.25) is 0 Å². The zero-order chi connectivity index (χ0) is 28.2. The average Bonchev–Trinajstić information content (AvgIpc) is 2.90. The van der Waals surface area contributed by atoms with Gasteiger partial charge >= 0.3 is 11.7 Å². The SMILES string of the molecule is CC(Cc1ccc(-n2ccc(NC(=O)N3CCN(C(=O)C(C)(C)N)CC3)nc2=O)cc1)NC1CCC(N)CC1.Cl. The molecule has 1 aromatic heterocycles. The molecule has 2 fully saturated rings. The van der Waals surface area contributed by atoms with E-state index < -0.39 is 11.2 Å². The van der Waals surface area contributed by atoms with Gasteiger partial charge in [0.1, 0.15) is 5.82 Å². The van der Waals surface area contributed by atoms with Crippen molar-refractivity contribution in [3.63, 3.8) is 0 Å². The van der Waals surface area contributed by atoms with Crippen molar-refractivity contribution in [2.75, 3.05) is 31.5 Å². The molecule has 220 valence electrons. The van der Waals surface area contributed by atoms with Crippen LogP contribution in [0.25, 0.3) is 5.69 Å². The summed E-state index contributed by atoms with van der Waals surface area (Å²) in [5, 5.41) is 6.41. The maximum absolute atomic E-state index is 12.7. The Bertz CT molecular complexity index is 1200. The average molecular weight is 575 g/mol. The van der Waals surface area contributed by atoms with Crippen molar-refractivity contribution in [3.05, 3.63) is 52.6 Å². The minimum Gasteiger partial charge on any atom is -0.338 e. The Balaban J connectivity index is 0.00000441. The molecule has 6 N–H and O–H groups in total. The van der Waals surface area contributed by atoms with Crippen LogP contribution in [0.1, 0.15) is 52.0 Å². The molecule has 0 bridgehead atoms. The highest BCUT2D eigenvalue weighted by atomic mass is 35.5. The number of hydrogen-bond acceptors (Lipinski definition) is 7. The minimum absolute atomic E-state index is 0. The van der Waals surface area contributed by atoms with Crippen molar-refractivity contribution in [1.82, 2.24) is 24.7 Å². The Kier molecular flexibility index (Phi) is 10.7. The van der Waals surface area contributed by atoms with Crippen LogP contribution in [-0.2, 0) is 11.2 Å². The molecule has 0 spiro atoms. The predicted octanol–water partition coefficient (Wildman–Crippen LogP) is 1.86. The lowest BCUT2D eigenvalue weighted by molar-refractivity contribution is -0.137. The molecular formula is C28H43ClN8O3. The summed E-state index contributed by atoms with van der Waals surface area (Å²) in [6.07, 6.45) is 6.92. The monoisotopic (exact) mass is 574 g/mol. The number of aromatic nitrogens is 2. The van der Waals surface area contributed by atoms with E-state index in [0.717, 1.165) is 32.1 Å². The van der Waals surface area contributed by atoms with Crippen LogP contribution in [0.15, 0.2) is 41.3 Å². The number of amides is 3. The number of carbonyl (C=O) groups is 2. The Labute approximate surface area is 242 Å². The van der Waals surface area contributed by atoms with Crippen molar-refractivity contribution >= 4 is 30.2 Å². The number of urea groups is 1. The van der Waals surface area contributed by atoms with Gasteiger partial charge in [-0.3, -0.25) is 14.7 Å². The fourth-order valence-electron chi connectivity index (χ4n) is 5.27. The number of anilines is 1. The van der Waals surface area contributed by atoms with Crippen LogP contribution in [-0.4, -0.2) is 81.1 Å². The summed E-state index contributed by atoms with van der Waals surface area (Å²) >= 11 is 0. The van der Waals surface area contributed by atoms with Gasteiger partial charge in [-0.1, -0.05) is 12.1 Å². The quantitative estimate of drug-likeness (QED) is 0.394. The summed E-state index contributed by atoms with van der Waals surface area (Å²) in [6.45, 7) is 7.10. The fraction of sp³-hybridized carbons (Fsp3) is 0.571. The molecule has 0 radical (unpaired) electrons. The van der Waals surface area contributed by atoms with Crippen molar-refractivity contribution in [1.29, 1.82) is 0 Å². The van der Waals surface area contributed by atoms with E-state index in [1.165, 1.54) is 10.1 Å². The van der Waals surface area contributed by atoms with Gasteiger partial charge in [-0.05, 0) is 76.6 Å². The van der Waals surface area contributed by atoms with E-state index in [4.69, 9.17) is 11.5 Å². The Hall–Kier alpha value is -2.99. The number of carbonyl (C=O) groups excluding carboxylic acids is 2. The summed E-state index contributed by atoms with van der Waals surface area (Å²) in [5.41, 5.74) is 12.4. The largest absolute Gasteiger partial charge is 0.354 e. The van der Waals surface area contributed by atoms with Crippen LogP contribution >= 0.6 is 12.4 Å². The second-order valence-electron chi connectivity index (χ2n) is 11.4. The summed E-state index contributed by atoms with van der Waals surface area (Å²) in [4.78, 5) is 45.1. The third-order valence-electron chi connectivity index (χ3n) is 7.49. The lowest BCUT2D eigenvalue weighted by Gasteiger charge is -2.37. The lowest BCUT2D eigenvalue weighted by atomic mass is 9.91. The molecule has 2 aromatic rings. The molecule has 11 nitrogen and oxygen atoms in total. The smallest absolute Gasteiger partial charge is 0.338 e. The van der Waals surface area contributed by atoms with E-state index in [-0.39, 0.29) is 30.2 Å². The van der Waals surface area contributed by atoms with Gasteiger partial charge in [0.05, 0.1) is 11.2 Å². The van der Waals surface area contributed by atoms with E-state index >= 15 is 0 Å². The number of hydrogen-bond donors (Lipinski definition) is 4. The number of nitrogens with zero attached hydrogens (tertiary/aromatic N) is 4. The van der Waals surface area contributed by atoms with E-state index in [0.29, 0.717) is 50.0 Å². The molecule has 1 saturated heterocycles. The zero-order valence-corrected chi connectivity index (χ0v) is 24.5.